The molecule has 3 rings (SSSR count). The molecule has 2 aromatic carbocycles. The monoisotopic (exact) mass is 359 g/mol. The molecule has 0 atom stereocenters. The van der Waals surface area contributed by atoms with Gasteiger partial charge in [-0.3, -0.25) is 4.79 Å². The number of rotatable bonds is 5. The lowest BCUT2D eigenvalue weighted by molar-refractivity contribution is -0.138. The smallest absolute Gasteiger partial charge is 0.417 e. The van der Waals surface area contributed by atoms with Gasteiger partial charge in [-0.05, 0) is 29.8 Å². The van der Waals surface area contributed by atoms with Gasteiger partial charge >= 0.3 is 6.18 Å². The molecule has 6 heteroatoms. The van der Waals surface area contributed by atoms with Crippen LogP contribution in [0.4, 0.5) is 13.2 Å². The van der Waals surface area contributed by atoms with Crippen molar-refractivity contribution in [1.82, 2.24) is 4.90 Å². The van der Waals surface area contributed by atoms with E-state index in [0.717, 1.165) is 11.6 Å². The summed E-state index contributed by atoms with van der Waals surface area (Å²) in [6.07, 6.45) is -3.14. The molecule has 0 saturated heterocycles. The Bertz CT molecular complexity index is 858. The van der Waals surface area contributed by atoms with Crippen LogP contribution in [0.25, 0.3) is 0 Å². The molecule has 0 saturated carbocycles. The maximum Gasteiger partial charge on any atom is 0.417 e. The molecule has 3 aromatic rings. The van der Waals surface area contributed by atoms with Gasteiger partial charge in [-0.25, -0.2) is 0 Å². The number of amides is 1. The van der Waals surface area contributed by atoms with E-state index in [-0.39, 0.29) is 18.7 Å². The van der Waals surface area contributed by atoms with Crippen LogP contribution in [0.5, 0.6) is 0 Å². The van der Waals surface area contributed by atoms with Crippen molar-refractivity contribution in [2.24, 2.45) is 0 Å². The van der Waals surface area contributed by atoms with E-state index in [1.165, 1.54) is 29.4 Å². The van der Waals surface area contributed by atoms with E-state index in [4.69, 9.17) is 4.42 Å². The highest BCUT2D eigenvalue weighted by molar-refractivity contribution is 5.95. The summed E-state index contributed by atoms with van der Waals surface area (Å²) < 4.78 is 45.1. The lowest BCUT2D eigenvalue weighted by Gasteiger charge is -2.23. The van der Waals surface area contributed by atoms with Crippen molar-refractivity contribution in [2.45, 2.75) is 19.3 Å². The third-order valence-electron chi connectivity index (χ3n) is 3.89. The van der Waals surface area contributed by atoms with Crippen LogP contribution in [0.2, 0.25) is 0 Å². The highest BCUT2D eigenvalue weighted by Gasteiger charge is 2.36. The molecule has 134 valence electrons. The second kappa shape index (κ2) is 7.47. The van der Waals surface area contributed by atoms with Crippen molar-refractivity contribution in [2.75, 3.05) is 0 Å². The van der Waals surface area contributed by atoms with Crippen molar-refractivity contribution in [3.63, 3.8) is 0 Å². The lowest BCUT2D eigenvalue weighted by atomic mass is 10.1. The van der Waals surface area contributed by atoms with Gasteiger partial charge in [0.1, 0.15) is 5.76 Å². The minimum Gasteiger partial charge on any atom is -0.467 e. The van der Waals surface area contributed by atoms with Crippen LogP contribution in [0.15, 0.2) is 77.4 Å². The van der Waals surface area contributed by atoms with Gasteiger partial charge in [0.15, 0.2) is 0 Å². The van der Waals surface area contributed by atoms with Crippen molar-refractivity contribution >= 4 is 5.91 Å². The molecule has 26 heavy (non-hydrogen) atoms. The molecule has 1 heterocycles. The van der Waals surface area contributed by atoms with Crippen LogP contribution in [0.3, 0.4) is 0 Å². The molecule has 0 radical (unpaired) electrons. The summed E-state index contributed by atoms with van der Waals surface area (Å²) in [7, 11) is 0. The first kappa shape index (κ1) is 17.8. The number of furan rings is 1. The van der Waals surface area contributed by atoms with Crippen LogP contribution in [0.1, 0.15) is 27.2 Å². The SMILES string of the molecule is O=C(c1ccccc1C(F)(F)F)N(Cc1ccccc1)Cc1ccco1. The third-order valence-corrected chi connectivity index (χ3v) is 3.89. The number of alkyl halides is 3. The lowest BCUT2D eigenvalue weighted by Crippen LogP contribution is -2.31. The van der Waals surface area contributed by atoms with Crippen molar-refractivity contribution in [1.29, 1.82) is 0 Å². The fourth-order valence-electron chi connectivity index (χ4n) is 2.68. The van der Waals surface area contributed by atoms with Gasteiger partial charge in [-0.15, -0.1) is 0 Å². The summed E-state index contributed by atoms with van der Waals surface area (Å²) in [5.74, 6) is -0.197. The average Bonchev–Trinajstić information content (AvgIpc) is 3.14. The van der Waals surface area contributed by atoms with Gasteiger partial charge in [0.2, 0.25) is 0 Å². The summed E-state index contributed by atoms with van der Waals surface area (Å²) in [5.41, 5.74) is -0.498. The summed E-state index contributed by atoms with van der Waals surface area (Å²) in [5, 5.41) is 0. The minimum atomic E-state index is -4.60. The molecular weight excluding hydrogens is 343 g/mol. The Labute approximate surface area is 148 Å². The Hall–Kier alpha value is -3.02. The summed E-state index contributed by atoms with van der Waals surface area (Å²) in [4.78, 5) is 14.3. The molecular formula is C20H16F3NO2. The van der Waals surface area contributed by atoms with Crippen LogP contribution < -0.4 is 0 Å². The summed E-state index contributed by atoms with van der Waals surface area (Å²) in [6, 6.07) is 17.3. The van der Waals surface area contributed by atoms with Crippen LogP contribution in [-0.2, 0) is 19.3 Å². The summed E-state index contributed by atoms with van der Waals surface area (Å²) >= 11 is 0. The van der Waals surface area contributed by atoms with E-state index in [9.17, 15) is 18.0 Å². The quantitative estimate of drug-likeness (QED) is 0.632. The first-order valence-electron chi connectivity index (χ1n) is 7.97. The number of halogens is 3. The van der Waals surface area contributed by atoms with Gasteiger partial charge in [0.05, 0.1) is 23.9 Å². The zero-order chi connectivity index (χ0) is 18.6. The van der Waals surface area contributed by atoms with Crippen molar-refractivity contribution in [3.05, 3.63) is 95.4 Å². The average molecular weight is 359 g/mol. The molecule has 3 nitrogen and oxygen atoms in total. The standard InChI is InChI=1S/C20H16F3NO2/c21-20(22,23)18-11-5-4-10-17(18)19(25)24(14-16-9-6-12-26-16)13-15-7-2-1-3-8-15/h1-12H,13-14H2. The Morgan fingerprint density at radius 3 is 2.23 bits per heavy atom. The topological polar surface area (TPSA) is 33.5 Å². The van der Waals surface area contributed by atoms with E-state index >= 15 is 0 Å². The number of benzene rings is 2. The van der Waals surface area contributed by atoms with Crippen molar-refractivity contribution < 1.29 is 22.4 Å². The van der Waals surface area contributed by atoms with E-state index < -0.39 is 17.6 Å². The van der Waals surface area contributed by atoms with Crippen molar-refractivity contribution in [3.8, 4) is 0 Å². The minimum absolute atomic E-state index is 0.0763. The maximum atomic E-state index is 13.3. The molecule has 0 fully saturated rings. The molecule has 0 aliphatic heterocycles. The zero-order valence-corrected chi connectivity index (χ0v) is 13.7. The number of carbonyl (C=O) groups is 1. The third kappa shape index (κ3) is 4.14. The van der Waals surface area contributed by atoms with E-state index in [1.54, 1.807) is 12.1 Å². The second-order valence-corrected chi connectivity index (χ2v) is 5.77. The van der Waals surface area contributed by atoms with Crippen LogP contribution in [0, 0.1) is 0 Å². The second-order valence-electron chi connectivity index (χ2n) is 5.77. The number of nitrogens with zero attached hydrogens (tertiary/aromatic N) is 1. The molecule has 0 aliphatic carbocycles. The highest BCUT2D eigenvalue weighted by atomic mass is 19.4. The van der Waals surface area contributed by atoms with Crippen LogP contribution in [-0.4, -0.2) is 10.8 Å². The summed E-state index contributed by atoms with van der Waals surface area (Å²) in [6.45, 7) is 0.249. The van der Waals surface area contributed by atoms with Gasteiger partial charge in [0.25, 0.3) is 5.91 Å². The van der Waals surface area contributed by atoms with E-state index in [1.807, 2.05) is 30.3 Å². The molecule has 0 spiro atoms. The molecule has 0 bridgehead atoms. The molecule has 1 amide bonds. The fourth-order valence-corrected chi connectivity index (χ4v) is 2.68. The van der Waals surface area contributed by atoms with Crippen LogP contribution >= 0.6 is 0 Å². The van der Waals surface area contributed by atoms with Gasteiger partial charge in [-0.2, -0.15) is 13.2 Å². The molecule has 1 aromatic heterocycles. The Kier molecular flexibility index (Phi) is 5.11. The Balaban J connectivity index is 1.95. The Morgan fingerprint density at radius 1 is 0.885 bits per heavy atom. The maximum absolute atomic E-state index is 13.3. The predicted octanol–water partition coefficient (Wildman–Crippen LogP) is 5.14. The normalized spacial score (nSPS) is 11.3. The van der Waals surface area contributed by atoms with E-state index in [2.05, 4.69) is 0 Å². The Morgan fingerprint density at radius 2 is 1.58 bits per heavy atom. The highest BCUT2D eigenvalue weighted by Crippen LogP contribution is 2.32. The van der Waals surface area contributed by atoms with Gasteiger partial charge < -0.3 is 9.32 Å². The number of carbonyl (C=O) groups excluding carboxylic acids is 1. The van der Waals surface area contributed by atoms with Gasteiger partial charge in [0, 0.05) is 6.54 Å². The predicted molar refractivity (Wildman–Crippen MR) is 90.2 cm³/mol. The largest absolute Gasteiger partial charge is 0.467 e. The molecule has 0 aliphatic rings. The zero-order valence-electron chi connectivity index (χ0n) is 13.7. The number of hydrogen-bond donors (Lipinski definition) is 0. The first-order chi connectivity index (χ1) is 12.4. The first-order valence-corrected chi connectivity index (χ1v) is 7.97. The molecule has 0 unspecified atom stereocenters. The molecule has 0 N–H and O–H groups in total. The van der Waals surface area contributed by atoms with E-state index in [0.29, 0.717) is 5.76 Å². The number of hydrogen-bond acceptors (Lipinski definition) is 2. The fraction of sp³-hybridized carbons (Fsp3) is 0.150. The van der Waals surface area contributed by atoms with Gasteiger partial charge in [-0.1, -0.05) is 42.5 Å².